The summed E-state index contributed by atoms with van der Waals surface area (Å²) < 4.78 is 7.70. The highest BCUT2D eigenvalue weighted by Gasteiger charge is 2.09. The standard InChI is InChI=1S/C20H17N7O/c1-27-12-13(11-22-27)9-18-24-20(26-25-18)14-3-2-4-15(10-14)28-19-6-5-16-17(23-19)7-8-21-16/h2-8,10-12,21H,9H2,1H3,(H,24,25,26). The van der Waals surface area contributed by atoms with Gasteiger partial charge in [-0.25, -0.2) is 4.98 Å². The normalized spacial score (nSPS) is 11.2. The number of hydrogen-bond acceptors (Lipinski definition) is 5. The van der Waals surface area contributed by atoms with E-state index in [0.29, 0.717) is 23.9 Å². The first-order chi connectivity index (χ1) is 13.7. The SMILES string of the molecule is Cn1cc(Cc2nnc(-c3cccc(Oc4ccc5[nH]ccc5n4)c3)[nH]2)cn1. The summed E-state index contributed by atoms with van der Waals surface area (Å²) in [5.74, 6) is 2.71. The van der Waals surface area contributed by atoms with Crippen molar-refractivity contribution in [3.05, 3.63) is 72.4 Å². The summed E-state index contributed by atoms with van der Waals surface area (Å²) >= 11 is 0. The highest BCUT2D eigenvalue weighted by atomic mass is 16.5. The van der Waals surface area contributed by atoms with Crippen LogP contribution in [0.2, 0.25) is 0 Å². The van der Waals surface area contributed by atoms with E-state index >= 15 is 0 Å². The smallest absolute Gasteiger partial charge is 0.219 e. The van der Waals surface area contributed by atoms with Crippen molar-refractivity contribution >= 4 is 11.0 Å². The Bertz CT molecular complexity index is 1250. The molecule has 0 atom stereocenters. The molecular weight excluding hydrogens is 354 g/mol. The van der Waals surface area contributed by atoms with Crippen LogP contribution >= 0.6 is 0 Å². The first kappa shape index (κ1) is 16.2. The molecule has 0 aliphatic rings. The van der Waals surface area contributed by atoms with Crippen molar-refractivity contribution in [3.63, 3.8) is 0 Å². The molecule has 8 heteroatoms. The number of aryl methyl sites for hydroxylation is 1. The van der Waals surface area contributed by atoms with Gasteiger partial charge in [0.05, 0.1) is 17.2 Å². The Labute approximate surface area is 160 Å². The molecule has 0 bridgehead atoms. The number of benzene rings is 1. The molecule has 0 aliphatic heterocycles. The van der Waals surface area contributed by atoms with E-state index in [4.69, 9.17) is 4.74 Å². The van der Waals surface area contributed by atoms with Gasteiger partial charge in [0, 0.05) is 37.5 Å². The molecule has 1 aromatic carbocycles. The Morgan fingerprint density at radius 2 is 2.07 bits per heavy atom. The maximum absolute atomic E-state index is 5.93. The number of aromatic nitrogens is 7. The largest absolute Gasteiger partial charge is 0.439 e. The van der Waals surface area contributed by atoms with Gasteiger partial charge >= 0.3 is 0 Å². The zero-order valence-electron chi connectivity index (χ0n) is 15.1. The van der Waals surface area contributed by atoms with Gasteiger partial charge < -0.3 is 14.7 Å². The van der Waals surface area contributed by atoms with Gasteiger partial charge in [0.2, 0.25) is 5.88 Å². The van der Waals surface area contributed by atoms with E-state index in [0.717, 1.165) is 28.0 Å². The average Bonchev–Trinajstić information content (AvgIpc) is 3.43. The molecule has 0 saturated heterocycles. The molecule has 5 aromatic rings. The van der Waals surface area contributed by atoms with Crippen molar-refractivity contribution in [1.29, 1.82) is 0 Å². The van der Waals surface area contributed by atoms with E-state index in [2.05, 4.69) is 30.2 Å². The average molecular weight is 371 g/mol. The molecule has 0 radical (unpaired) electrons. The summed E-state index contributed by atoms with van der Waals surface area (Å²) in [6, 6.07) is 13.4. The quantitative estimate of drug-likeness (QED) is 0.493. The lowest BCUT2D eigenvalue weighted by Gasteiger charge is -2.06. The fourth-order valence-corrected chi connectivity index (χ4v) is 3.06. The van der Waals surface area contributed by atoms with Crippen LogP contribution in [-0.4, -0.2) is 34.9 Å². The third-order valence-electron chi connectivity index (χ3n) is 4.37. The number of ether oxygens (including phenoxy) is 1. The molecule has 5 rings (SSSR count). The third-order valence-corrected chi connectivity index (χ3v) is 4.37. The second-order valence-electron chi connectivity index (χ2n) is 6.51. The fourth-order valence-electron chi connectivity index (χ4n) is 3.06. The van der Waals surface area contributed by atoms with Gasteiger partial charge in [0.1, 0.15) is 11.6 Å². The van der Waals surface area contributed by atoms with E-state index < -0.39 is 0 Å². The van der Waals surface area contributed by atoms with Crippen LogP contribution in [0.4, 0.5) is 0 Å². The first-order valence-electron chi connectivity index (χ1n) is 8.84. The van der Waals surface area contributed by atoms with Gasteiger partial charge in [0.15, 0.2) is 5.82 Å². The van der Waals surface area contributed by atoms with Crippen molar-refractivity contribution in [1.82, 2.24) is 34.9 Å². The fraction of sp³-hybridized carbons (Fsp3) is 0.100. The van der Waals surface area contributed by atoms with E-state index in [1.807, 2.05) is 68.1 Å². The molecular formula is C20H17N7O. The highest BCUT2D eigenvalue weighted by molar-refractivity contribution is 5.75. The number of nitrogens with zero attached hydrogens (tertiary/aromatic N) is 5. The topological polar surface area (TPSA) is 97.3 Å². The lowest BCUT2D eigenvalue weighted by Crippen LogP contribution is -1.90. The van der Waals surface area contributed by atoms with Gasteiger partial charge in [-0.3, -0.25) is 4.68 Å². The van der Waals surface area contributed by atoms with Gasteiger partial charge in [-0.15, -0.1) is 10.2 Å². The zero-order chi connectivity index (χ0) is 18.9. The molecule has 4 heterocycles. The second kappa shape index (κ2) is 6.66. The van der Waals surface area contributed by atoms with Crippen molar-refractivity contribution in [3.8, 4) is 23.0 Å². The van der Waals surface area contributed by atoms with E-state index in [1.165, 1.54) is 0 Å². The third kappa shape index (κ3) is 3.23. The number of aromatic amines is 2. The maximum atomic E-state index is 5.93. The van der Waals surface area contributed by atoms with Crippen LogP contribution in [0.15, 0.2) is 61.1 Å². The van der Waals surface area contributed by atoms with Crippen LogP contribution in [0, 0.1) is 0 Å². The van der Waals surface area contributed by atoms with Crippen LogP contribution in [0.25, 0.3) is 22.4 Å². The molecule has 0 spiro atoms. The number of rotatable bonds is 5. The second-order valence-corrected chi connectivity index (χ2v) is 6.51. The van der Waals surface area contributed by atoms with Gasteiger partial charge in [-0.2, -0.15) is 5.10 Å². The Morgan fingerprint density at radius 1 is 1.11 bits per heavy atom. The van der Waals surface area contributed by atoms with Gasteiger partial charge in [0.25, 0.3) is 0 Å². The van der Waals surface area contributed by atoms with Crippen molar-refractivity contribution in [2.24, 2.45) is 7.05 Å². The highest BCUT2D eigenvalue weighted by Crippen LogP contribution is 2.26. The number of pyridine rings is 1. The minimum absolute atomic E-state index is 0.541. The summed E-state index contributed by atoms with van der Waals surface area (Å²) in [5, 5.41) is 12.7. The summed E-state index contributed by atoms with van der Waals surface area (Å²) in [6.07, 6.45) is 6.29. The minimum Gasteiger partial charge on any atom is -0.439 e. The van der Waals surface area contributed by atoms with E-state index in [-0.39, 0.29) is 0 Å². The molecule has 0 aliphatic carbocycles. The molecule has 0 amide bonds. The molecule has 0 unspecified atom stereocenters. The minimum atomic E-state index is 0.541. The van der Waals surface area contributed by atoms with Gasteiger partial charge in [-0.1, -0.05) is 12.1 Å². The number of fused-ring (bicyclic) bond motifs is 1. The van der Waals surface area contributed by atoms with E-state index in [9.17, 15) is 0 Å². The van der Waals surface area contributed by atoms with E-state index in [1.54, 1.807) is 4.68 Å². The molecule has 28 heavy (non-hydrogen) atoms. The molecule has 0 fully saturated rings. The predicted octanol–water partition coefficient (Wildman–Crippen LogP) is 3.46. The van der Waals surface area contributed by atoms with Crippen LogP contribution in [0.1, 0.15) is 11.4 Å². The Kier molecular flexibility index (Phi) is 3.86. The molecule has 4 aromatic heterocycles. The summed E-state index contributed by atoms with van der Waals surface area (Å²) in [6.45, 7) is 0. The van der Waals surface area contributed by atoms with Crippen LogP contribution in [0.3, 0.4) is 0 Å². The van der Waals surface area contributed by atoms with Crippen molar-refractivity contribution < 1.29 is 4.74 Å². The number of hydrogen-bond donors (Lipinski definition) is 2. The Balaban J connectivity index is 1.36. The summed E-state index contributed by atoms with van der Waals surface area (Å²) in [4.78, 5) is 10.9. The molecule has 0 saturated carbocycles. The lowest BCUT2D eigenvalue weighted by atomic mass is 10.2. The Morgan fingerprint density at radius 3 is 2.96 bits per heavy atom. The van der Waals surface area contributed by atoms with Crippen LogP contribution < -0.4 is 4.74 Å². The zero-order valence-corrected chi connectivity index (χ0v) is 15.1. The summed E-state index contributed by atoms with van der Waals surface area (Å²) in [7, 11) is 1.89. The molecule has 8 nitrogen and oxygen atoms in total. The van der Waals surface area contributed by atoms with Crippen LogP contribution in [0.5, 0.6) is 11.6 Å². The van der Waals surface area contributed by atoms with Crippen molar-refractivity contribution in [2.75, 3.05) is 0 Å². The van der Waals surface area contributed by atoms with Crippen LogP contribution in [-0.2, 0) is 13.5 Å². The van der Waals surface area contributed by atoms with Gasteiger partial charge in [-0.05, 0) is 29.8 Å². The number of H-pyrrole nitrogens is 2. The number of nitrogens with one attached hydrogen (secondary N) is 2. The Hall–Kier alpha value is -3.94. The predicted molar refractivity (Wildman–Crippen MR) is 104 cm³/mol. The van der Waals surface area contributed by atoms with Crippen molar-refractivity contribution in [2.45, 2.75) is 6.42 Å². The monoisotopic (exact) mass is 371 g/mol. The molecule has 2 N–H and O–H groups in total. The lowest BCUT2D eigenvalue weighted by molar-refractivity contribution is 0.465. The first-order valence-corrected chi connectivity index (χ1v) is 8.84. The maximum Gasteiger partial charge on any atom is 0.219 e. The summed E-state index contributed by atoms with van der Waals surface area (Å²) in [5.41, 5.74) is 3.81. The molecule has 138 valence electrons.